The minimum atomic E-state index is -0.393. The third kappa shape index (κ3) is 2.15. The van der Waals surface area contributed by atoms with Crippen molar-refractivity contribution in [3.63, 3.8) is 0 Å². The maximum atomic E-state index is 12.8. The molecule has 0 bridgehead atoms. The van der Waals surface area contributed by atoms with Crippen LogP contribution in [0.2, 0.25) is 0 Å². The monoisotopic (exact) mass is 151 g/mol. The second-order valence-electron chi connectivity index (χ2n) is 2.59. The van der Waals surface area contributed by atoms with E-state index in [-0.39, 0.29) is 0 Å². The molecular weight excluding hydrogens is 141 g/mol. The number of nitrogens with zero attached hydrogens (tertiary/aromatic N) is 1. The van der Waals surface area contributed by atoms with Crippen molar-refractivity contribution in [2.45, 2.75) is 13.3 Å². The fourth-order valence-electron chi connectivity index (χ4n) is 0.876. The Balaban J connectivity index is 2.86. The normalized spacial score (nSPS) is 9.64. The fraction of sp³-hybridized carbons (Fsp3) is 0.222. The van der Waals surface area contributed by atoms with E-state index in [0.29, 0.717) is 12.0 Å². The molecule has 1 nitrogen and oxygen atoms in total. The van der Waals surface area contributed by atoms with Crippen molar-refractivity contribution in [2.75, 3.05) is 0 Å². The first kappa shape index (κ1) is 7.92. The third-order valence-corrected chi connectivity index (χ3v) is 1.33. The number of rotatable bonds is 2. The molecule has 0 saturated carbocycles. The van der Waals surface area contributed by atoms with E-state index >= 15 is 0 Å². The molecule has 0 aliphatic rings. The van der Waals surface area contributed by atoms with Gasteiger partial charge in [-0.3, -0.25) is 0 Å². The molecule has 0 aliphatic heterocycles. The second-order valence-corrected chi connectivity index (χ2v) is 2.59. The van der Waals surface area contributed by atoms with E-state index in [0.717, 1.165) is 5.57 Å². The quantitative estimate of drug-likeness (QED) is 0.467. The maximum Gasteiger partial charge on any atom is 0.216 e. The van der Waals surface area contributed by atoms with Gasteiger partial charge in [-0.15, -0.1) is 0 Å². The van der Waals surface area contributed by atoms with E-state index in [1.807, 2.05) is 6.92 Å². The Bertz CT molecular complexity index is 268. The maximum absolute atomic E-state index is 12.8. The van der Waals surface area contributed by atoms with E-state index in [1.54, 1.807) is 12.1 Å². The Morgan fingerprint density at radius 1 is 1.73 bits per heavy atom. The third-order valence-electron chi connectivity index (χ3n) is 1.33. The average molecular weight is 151 g/mol. The average Bonchev–Trinajstić information content (AvgIpc) is 1.93. The summed E-state index contributed by atoms with van der Waals surface area (Å²) in [7, 11) is 0. The van der Waals surface area contributed by atoms with Crippen LogP contribution in [0, 0.1) is 5.95 Å². The minimum Gasteiger partial charge on any atom is -0.228 e. The zero-order chi connectivity index (χ0) is 8.27. The zero-order valence-corrected chi connectivity index (χ0v) is 6.47. The van der Waals surface area contributed by atoms with Crippen LogP contribution >= 0.6 is 0 Å². The fourth-order valence-corrected chi connectivity index (χ4v) is 0.876. The van der Waals surface area contributed by atoms with Gasteiger partial charge in [0, 0.05) is 11.8 Å². The smallest absolute Gasteiger partial charge is 0.216 e. The van der Waals surface area contributed by atoms with Crippen molar-refractivity contribution >= 4 is 0 Å². The van der Waals surface area contributed by atoms with Crippen molar-refractivity contribution < 1.29 is 4.39 Å². The van der Waals surface area contributed by atoms with Gasteiger partial charge in [0.1, 0.15) is 0 Å². The molecule has 0 N–H and O–H groups in total. The summed E-state index contributed by atoms with van der Waals surface area (Å²) >= 11 is 0. The number of halogens is 1. The van der Waals surface area contributed by atoms with Gasteiger partial charge in [-0.2, -0.15) is 4.39 Å². The second kappa shape index (κ2) is 3.28. The van der Waals surface area contributed by atoms with Crippen LogP contribution in [0.25, 0.3) is 0 Å². The van der Waals surface area contributed by atoms with Crippen molar-refractivity contribution in [3.8, 4) is 0 Å². The summed E-state index contributed by atoms with van der Waals surface area (Å²) in [5, 5.41) is 0. The summed E-state index contributed by atoms with van der Waals surface area (Å²) in [6.45, 7) is 5.56. The molecule has 0 atom stereocenters. The Hall–Kier alpha value is -1.18. The van der Waals surface area contributed by atoms with Crippen LogP contribution in [0.3, 0.4) is 0 Å². The van der Waals surface area contributed by atoms with Crippen molar-refractivity contribution in [3.05, 3.63) is 42.0 Å². The molecule has 0 aliphatic carbocycles. The minimum absolute atomic E-state index is 0.393. The molecule has 1 heterocycles. The van der Waals surface area contributed by atoms with Gasteiger partial charge in [-0.05, 0) is 19.4 Å². The molecule has 0 aromatic carbocycles. The van der Waals surface area contributed by atoms with Crippen LogP contribution in [-0.4, -0.2) is 4.98 Å². The molecule has 0 amide bonds. The Kier molecular flexibility index (Phi) is 2.36. The Morgan fingerprint density at radius 3 is 3.00 bits per heavy atom. The van der Waals surface area contributed by atoms with Crippen molar-refractivity contribution in [1.29, 1.82) is 0 Å². The SMILES string of the molecule is C=C(C)Cc1cccnc1F. The van der Waals surface area contributed by atoms with Crippen LogP contribution in [0.1, 0.15) is 12.5 Å². The van der Waals surface area contributed by atoms with E-state index in [1.165, 1.54) is 6.20 Å². The lowest BCUT2D eigenvalue weighted by Gasteiger charge is -1.99. The van der Waals surface area contributed by atoms with Crippen LogP contribution in [0.5, 0.6) is 0 Å². The van der Waals surface area contributed by atoms with Gasteiger partial charge < -0.3 is 0 Å². The zero-order valence-electron chi connectivity index (χ0n) is 6.47. The van der Waals surface area contributed by atoms with Crippen molar-refractivity contribution in [1.82, 2.24) is 4.98 Å². The van der Waals surface area contributed by atoms with Gasteiger partial charge >= 0.3 is 0 Å². The van der Waals surface area contributed by atoms with Crippen LogP contribution in [0.4, 0.5) is 4.39 Å². The predicted octanol–water partition coefficient (Wildman–Crippen LogP) is 2.34. The summed E-state index contributed by atoms with van der Waals surface area (Å²) in [5.74, 6) is -0.393. The molecule has 1 rings (SSSR count). The highest BCUT2D eigenvalue weighted by molar-refractivity contribution is 5.16. The van der Waals surface area contributed by atoms with Crippen LogP contribution in [0.15, 0.2) is 30.5 Å². The summed E-state index contributed by atoms with van der Waals surface area (Å²) in [6, 6.07) is 3.44. The van der Waals surface area contributed by atoms with E-state index in [9.17, 15) is 4.39 Å². The van der Waals surface area contributed by atoms with Crippen LogP contribution in [-0.2, 0) is 6.42 Å². The van der Waals surface area contributed by atoms with Gasteiger partial charge in [-0.1, -0.05) is 18.2 Å². The van der Waals surface area contributed by atoms with Gasteiger partial charge in [0.25, 0.3) is 0 Å². The predicted molar refractivity (Wildman–Crippen MR) is 42.7 cm³/mol. The number of hydrogen-bond acceptors (Lipinski definition) is 1. The lowest BCUT2D eigenvalue weighted by atomic mass is 10.1. The first-order chi connectivity index (χ1) is 5.20. The first-order valence-electron chi connectivity index (χ1n) is 3.44. The lowest BCUT2D eigenvalue weighted by Crippen LogP contribution is -1.92. The number of pyridine rings is 1. The first-order valence-corrected chi connectivity index (χ1v) is 3.44. The highest BCUT2D eigenvalue weighted by Crippen LogP contribution is 2.07. The Morgan fingerprint density at radius 2 is 2.45 bits per heavy atom. The molecule has 0 fully saturated rings. The van der Waals surface area contributed by atoms with E-state index in [4.69, 9.17) is 0 Å². The standard InChI is InChI=1S/C9H10FN/c1-7(2)6-8-4-3-5-11-9(8)10/h3-5H,1,6H2,2H3. The molecule has 0 radical (unpaired) electrons. The van der Waals surface area contributed by atoms with E-state index in [2.05, 4.69) is 11.6 Å². The van der Waals surface area contributed by atoms with E-state index < -0.39 is 5.95 Å². The molecule has 0 unspecified atom stereocenters. The number of allylic oxidation sites excluding steroid dienone is 1. The molecule has 1 aromatic heterocycles. The van der Waals surface area contributed by atoms with Gasteiger partial charge in [0.05, 0.1) is 0 Å². The largest absolute Gasteiger partial charge is 0.228 e. The summed E-state index contributed by atoms with van der Waals surface area (Å²) in [4.78, 5) is 3.52. The topological polar surface area (TPSA) is 12.9 Å². The van der Waals surface area contributed by atoms with Gasteiger partial charge in [-0.25, -0.2) is 4.98 Å². The summed E-state index contributed by atoms with van der Waals surface area (Å²) in [6.07, 6.45) is 2.01. The highest BCUT2D eigenvalue weighted by Gasteiger charge is 2.00. The van der Waals surface area contributed by atoms with Gasteiger partial charge in [0.2, 0.25) is 5.95 Å². The molecule has 58 valence electrons. The van der Waals surface area contributed by atoms with Gasteiger partial charge in [0.15, 0.2) is 0 Å². The molecule has 2 heteroatoms. The molecule has 1 aromatic rings. The lowest BCUT2D eigenvalue weighted by molar-refractivity contribution is 0.570. The molecule has 0 spiro atoms. The van der Waals surface area contributed by atoms with Crippen LogP contribution < -0.4 is 0 Å². The number of hydrogen-bond donors (Lipinski definition) is 0. The number of aromatic nitrogens is 1. The van der Waals surface area contributed by atoms with Crippen molar-refractivity contribution in [2.24, 2.45) is 0 Å². The molecule has 11 heavy (non-hydrogen) atoms. The highest BCUT2D eigenvalue weighted by atomic mass is 19.1. The Labute approximate surface area is 65.6 Å². The summed E-state index contributed by atoms with van der Waals surface area (Å²) < 4.78 is 12.8. The molecular formula is C9H10FN. The summed E-state index contributed by atoms with van der Waals surface area (Å²) in [5.41, 5.74) is 1.55. The molecule has 0 saturated heterocycles.